The number of pyridine rings is 1. The first-order chi connectivity index (χ1) is 9.93. The maximum atomic E-state index is 11.1. The van der Waals surface area contributed by atoms with Crippen LogP contribution in [0.1, 0.15) is 5.56 Å². The molecule has 0 atom stereocenters. The molecule has 0 fully saturated rings. The molecule has 7 heteroatoms. The van der Waals surface area contributed by atoms with Crippen LogP contribution in [0.15, 0.2) is 24.5 Å². The van der Waals surface area contributed by atoms with Crippen LogP contribution in [0, 0.1) is 0 Å². The van der Waals surface area contributed by atoms with Crippen molar-refractivity contribution in [1.82, 2.24) is 4.98 Å². The van der Waals surface area contributed by atoms with Gasteiger partial charge >= 0.3 is 5.97 Å². The Balaban J connectivity index is 2.72. The van der Waals surface area contributed by atoms with Crippen molar-refractivity contribution in [2.45, 2.75) is 6.42 Å². The van der Waals surface area contributed by atoms with Crippen LogP contribution < -0.4 is 4.74 Å². The predicted octanol–water partition coefficient (Wildman–Crippen LogP) is 4.34. The molecule has 0 aliphatic heterocycles. The number of methoxy groups -OCH3 is 1. The molecule has 0 bridgehead atoms. The average molecular weight is 347 g/mol. The van der Waals surface area contributed by atoms with Crippen molar-refractivity contribution in [3.8, 4) is 16.9 Å². The third-order valence-electron chi connectivity index (χ3n) is 2.84. The van der Waals surface area contributed by atoms with Gasteiger partial charge in [-0.2, -0.15) is 0 Å². The van der Waals surface area contributed by atoms with E-state index in [1.165, 1.54) is 31.6 Å². The lowest BCUT2D eigenvalue weighted by Gasteiger charge is -2.14. The molecular formula is C14H10Cl3NO3. The summed E-state index contributed by atoms with van der Waals surface area (Å²) in [5.74, 6) is -0.640. The predicted molar refractivity (Wildman–Crippen MR) is 82.6 cm³/mol. The van der Waals surface area contributed by atoms with Crippen LogP contribution in [0.3, 0.4) is 0 Å². The molecule has 0 spiro atoms. The monoisotopic (exact) mass is 345 g/mol. The largest absolute Gasteiger partial charge is 0.495 e. The standard InChI is InChI=1S/C14H10Cl3NO3/c1-21-12-6-18-5-9(8(12)4-13(19)20)14-10(16)2-7(15)3-11(14)17/h2-3,5-6H,4H2,1H3,(H,19,20). The van der Waals surface area contributed by atoms with Crippen LogP contribution in [0.4, 0.5) is 0 Å². The number of carboxylic acids is 1. The Morgan fingerprint density at radius 2 is 1.86 bits per heavy atom. The zero-order valence-electron chi connectivity index (χ0n) is 10.9. The van der Waals surface area contributed by atoms with E-state index < -0.39 is 5.97 Å². The minimum atomic E-state index is -0.998. The number of aromatic nitrogens is 1. The van der Waals surface area contributed by atoms with Crippen molar-refractivity contribution in [1.29, 1.82) is 0 Å². The summed E-state index contributed by atoms with van der Waals surface area (Å²) in [6.45, 7) is 0. The minimum Gasteiger partial charge on any atom is -0.495 e. The number of carboxylic acid groups (broad SMARTS) is 1. The molecule has 0 saturated heterocycles. The lowest BCUT2D eigenvalue weighted by Crippen LogP contribution is -2.05. The van der Waals surface area contributed by atoms with Crippen molar-refractivity contribution < 1.29 is 14.6 Å². The smallest absolute Gasteiger partial charge is 0.307 e. The van der Waals surface area contributed by atoms with Gasteiger partial charge in [-0.05, 0) is 12.1 Å². The molecule has 1 aromatic carbocycles. The van der Waals surface area contributed by atoms with Gasteiger partial charge in [-0.3, -0.25) is 9.78 Å². The van der Waals surface area contributed by atoms with Crippen LogP contribution in [-0.4, -0.2) is 23.2 Å². The van der Waals surface area contributed by atoms with E-state index in [1.54, 1.807) is 0 Å². The Morgan fingerprint density at radius 3 is 2.38 bits per heavy atom. The van der Waals surface area contributed by atoms with Crippen molar-refractivity contribution in [3.63, 3.8) is 0 Å². The number of benzene rings is 1. The fourth-order valence-electron chi connectivity index (χ4n) is 1.99. The summed E-state index contributed by atoms with van der Waals surface area (Å²) in [4.78, 5) is 15.1. The van der Waals surface area contributed by atoms with Crippen LogP contribution >= 0.6 is 34.8 Å². The van der Waals surface area contributed by atoms with Crippen molar-refractivity contribution in [2.24, 2.45) is 0 Å². The number of aliphatic carboxylic acids is 1. The molecule has 0 unspecified atom stereocenters. The first kappa shape index (κ1) is 15.9. The molecule has 0 aliphatic rings. The lowest BCUT2D eigenvalue weighted by atomic mass is 9.99. The summed E-state index contributed by atoms with van der Waals surface area (Å²) >= 11 is 18.3. The van der Waals surface area contributed by atoms with Crippen LogP contribution in [0.5, 0.6) is 5.75 Å². The molecule has 1 N–H and O–H groups in total. The highest BCUT2D eigenvalue weighted by Crippen LogP contribution is 2.40. The summed E-state index contributed by atoms with van der Waals surface area (Å²) < 4.78 is 5.17. The normalized spacial score (nSPS) is 10.5. The molecule has 2 aromatic rings. The van der Waals surface area contributed by atoms with Gasteiger partial charge in [0.2, 0.25) is 0 Å². The molecule has 0 saturated carbocycles. The molecule has 0 amide bonds. The van der Waals surface area contributed by atoms with Gasteiger partial charge in [0.25, 0.3) is 0 Å². The highest BCUT2D eigenvalue weighted by Gasteiger charge is 2.19. The molecular weight excluding hydrogens is 337 g/mol. The number of ether oxygens (including phenoxy) is 1. The maximum Gasteiger partial charge on any atom is 0.307 e. The SMILES string of the molecule is COc1cncc(-c2c(Cl)cc(Cl)cc2Cl)c1CC(=O)O. The summed E-state index contributed by atoms with van der Waals surface area (Å²) in [7, 11) is 1.44. The number of carbonyl (C=O) groups is 1. The molecule has 1 aromatic heterocycles. The number of hydrogen-bond donors (Lipinski definition) is 1. The zero-order valence-corrected chi connectivity index (χ0v) is 13.1. The second kappa shape index (κ2) is 6.52. The Kier molecular flexibility index (Phi) is 4.93. The molecule has 0 aliphatic carbocycles. The number of rotatable bonds is 4. The van der Waals surface area contributed by atoms with E-state index in [0.29, 0.717) is 37.5 Å². The van der Waals surface area contributed by atoms with E-state index >= 15 is 0 Å². The van der Waals surface area contributed by atoms with Crippen molar-refractivity contribution in [3.05, 3.63) is 45.2 Å². The third-order valence-corrected chi connectivity index (χ3v) is 3.66. The number of halogens is 3. The van der Waals surface area contributed by atoms with Crippen LogP contribution in [0.25, 0.3) is 11.1 Å². The Labute approximate surface area is 136 Å². The zero-order chi connectivity index (χ0) is 15.6. The van der Waals surface area contributed by atoms with E-state index in [9.17, 15) is 4.79 Å². The highest BCUT2D eigenvalue weighted by molar-refractivity contribution is 6.41. The lowest BCUT2D eigenvalue weighted by molar-refractivity contribution is -0.136. The van der Waals surface area contributed by atoms with Crippen molar-refractivity contribution in [2.75, 3.05) is 7.11 Å². The van der Waals surface area contributed by atoms with E-state index in [-0.39, 0.29) is 6.42 Å². The summed E-state index contributed by atoms with van der Waals surface area (Å²) in [6.07, 6.45) is 2.71. The van der Waals surface area contributed by atoms with Gasteiger partial charge in [0, 0.05) is 27.9 Å². The van der Waals surface area contributed by atoms with Crippen LogP contribution in [0.2, 0.25) is 15.1 Å². The topological polar surface area (TPSA) is 59.4 Å². The van der Waals surface area contributed by atoms with Gasteiger partial charge in [-0.25, -0.2) is 0 Å². The van der Waals surface area contributed by atoms with Gasteiger partial charge in [0.05, 0.1) is 29.8 Å². The molecule has 2 rings (SSSR count). The van der Waals surface area contributed by atoms with Gasteiger partial charge in [0.1, 0.15) is 5.75 Å². The second-order valence-corrected chi connectivity index (χ2v) is 5.43. The molecule has 110 valence electrons. The first-order valence-corrected chi connectivity index (χ1v) is 6.95. The van der Waals surface area contributed by atoms with Crippen LogP contribution in [-0.2, 0) is 11.2 Å². The summed E-state index contributed by atoms with van der Waals surface area (Å²) in [5, 5.41) is 10.1. The minimum absolute atomic E-state index is 0.240. The van der Waals surface area contributed by atoms with Gasteiger partial charge in [0.15, 0.2) is 0 Å². The molecule has 0 radical (unpaired) electrons. The average Bonchev–Trinajstić information content (AvgIpc) is 2.38. The summed E-state index contributed by atoms with van der Waals surface area (Å²) in [6, 6.07) is 3.07. The Morgan fingerprint density at radius 1 is 1.24 bits per heavy atom. The third kappa shape index (κ3) is 3.40. The highest BCUT2D eigenvalue weighted by atomic mass is 35.5. The van der Waals surface area contributed by atoms with Crippen molar-refractivity contribution >= 4 is 40.8 Å². The molecule has 1 heterocycles. The second-order valence-electron chi connectivity index (χ2n) is 4.18. The number of hydrogen-bond acceptors (Lipinski definition) is 3. The van der Waals surface area contributed by atoms with Gasteiger partial charge < -0.3 is 9.84 Å². The fraction of sp³-hybridized carbons (Fsp3) is 0.143. The van der Waals surface area contributed by atoms with Gasteiger partial charge in [-0.15, -0.1) is 0 Å². The van der Waals surface area contributed by atoms with E-state index in [4.69, 9.17) is 44.6 Å². The number of nitrogens with zero attached hydrogens (tertiary/aromatic N) is 1. The maximum absolute atomic E-state index is 11.1. The Hall–Kier alpha value is -1.49. The van der Waals surface area contributed by atoms with Gasteiger partial charge in [-0.1, -0.05) is 34.8 Å². The molecule has 21 heavy (non-hydrogen) atoms. The Bertz CT molecular complexity index is 681. The quantitative estimate of drug-likeness (QED) is 0.894. The van der Waals surface area contributed by atoms with E-state index in [0.717, 1.165) is 0 Å². The summed E-state index contributed by atoms with van der Waals surface area (Å²) in [5.41, 5.74) is 1.43. The molecule has 4 nitrogen and oxygen atoms in total. The first-order valence-electron chi connectivity index (χ1n) is 5.81. The van der Waals surface area contributed by atoms with E-state index in [2.05, 4.69) is 4.98 Å². The fourth-order valence-corrected chi connectivity index (χ4v) is 3.01. The van der Waals surface area contributed by atoms with E-state index in [1.807, 2.05) is 0 Å².